The molecular weight excluding hydrogens is 270 g/mol. The normalized spacial score (nSPS) is 20.6. The van der Waals surface area contributed by atoms with E-state index >= 15 is 0 Å². The third-order valence-corrected chi connectivity index (χ3v) is 4.58. The molecule has 2 N–H and O–H groups in total. The average Bonchev–Trinajstić information content (AvgIpc) is 2.49. The van der Waals surface area contributed by atoms with Gasteiger partial charge >= 0.3 is 0 Å². The van der Waals surface area contributed by atoms with Gasteiger partial charge in [-0.3, -0.25) is 4.79 Å². The Hall–Kier alpha value is -1.04. The van der Waals surface area contributed by atoms with Gasteiger partial charge in [0.2, 0.25) is 5.91 Å². The van der Waals surface area contributed by atoms with Crippen LogP contribution in [0.3, 0.4) is 0 Å². The van der Waals surface area contributed by atoms with Crippen LogP contribution in [0.1, 0.15) is 11.6 Å². The summed E-state index contributed by atoms with van der Waals surface area (Å²) < 4.78 is 0. The first-order chi connectivity index (χ1) is 9.68. The van der Waals surface area contributed by atoms with Crippen LogP contribution in [-0.4, -0.2) is 55.5 Å². The van der Waals surface area contributed by atoms with Crippen LogP contribution >= 0.6 is 11.8 Å². The Morgan fingerprint density at radius 1 is 1.45 bits per heavy atom. The number of likely N-dealkylation sites (N-methyl/N-ethyl adjacent to an activating group) is 1. The topological polar surface area (TPSA) is 44.4 Å². The van der Waals surface area contributed by atoms with E-state index in [9.17, 15) is 4.79 Å². The predicted octanol–water partition coefficient (Wildman–Crippen LogP) is 1.11. The zero-order valence-corrected chi connectivity index (χ0v) is 13.0. The molecule has 2 atom stereocenters. The summed E-state index contributed by atoms with van der Waals surface area (Å²) in [6.45, 7) is 1.55. The minimum Gasteiger partial charge on any atom is -0.353 e. The first-order valence-electron chi connectivity index (χ1n) is 6.98. The Labute approximate surface area is 125 Å². The van der Waals surface area contributed by atoms with Crippen LogP contribution in [0, 0.1) is 0 Å². The SMILES string of the molecule is CN(C)C(CNC(=O)C1CSCCN1)c1ccccc1. The van der Waals surface area contributed by atoms with E-state index in [2.05, 4.69) is 27.7 Å². The Kier molecular flexibility index (Phi) is 5.88. The van der Waals surface area contributed by atoms with Gasteiger partial charge in [-0.15, -0.1) is 0 Å². The van der Waals surface area contributed by atoms with E-state index in [1.165, 1.54) is 5.56 Å². The fourth-order valence-electron chi connectivity index (χ4n) is 2.33. The maximum Gasteiger partial charge on any atom is 0.238 e. The molecule has 1 aromatic rings. The third kappa shape index (κ3) is 4.23. The Morgan fingerprint density at radius 3 is 2.80 bits per heavy atom. The van der Waals surface area contributed by atoms with E-state index in [4.69, 9.17) is 0 Å². The summed E-state index contributed by atoms with van der Waals surface area (Å²) in [6, 6.07) is 10.4. The summed E-state index contributed by atoms with van der Waals surface area (Å²) in [6.07, 6.45) is 0. The molecule has 0 aromatic heterocycles. The molecule has 5 heteroatoms. The monoisotopic (exact) mass is 293 g/mol. The second-order valence-corrected chi connectivity index (χ2v) is 6.37. The van der Waals surface area contributed by atoms with Crippen LogP contribution in [0.2, 0.25) is 0 Å². The van der Waals surface area contributed by atoms with Crippen molar-refractivity contribution < 1.29 is 4.79 Å². The molecule has 1 fully saturated rings. The molecule has 0 saturated carbocycles. The second-order valence-electron chi connectivity index (χ2n) is 5.22. The van der Waals surface area contributed by atoms with Crippen LogP contribution in [0.5, 0.6) is 0 Å². The number of thioether (sulfide) groups is 1. The molecule has 2 rings (SSSR count). The van der Waals surface area contributed by atoms with Crippen molar-refractivity contribution in [3.05, 3.63) is 35.9 Å². The number of nitrogens with zero attached hydrogens (tertiary/aromatic N) is 1. The molecule has 0 radical (unpaired) electrons. The summed E-state index contributed by atoms with van der Waals surface area (Å²) in [4.78, 5) is 14.3. The van der Waals surface area contributed by atoms with Crippen molar-refractivity contribution >= 4 is 17.7 Å². The predicted molar refractivity (Wildman–Crippen MR) is 85.0 cm³/mol. The number of nitrogens with one attached hydrogen (secondary N) is 2. The van der Waals surface area contributed by atoms with E-state index < -0.39 is 0 Å². The van der Waals surface area contributed by atoms with Gasteiger partial charge in [0, 0.05) is 24.6 Å². The van der Waals surface area contributed by atoms with Crippen LogP contribution in [0.15, 0.2) is 30.3 Å². The molecular formula is C15H23N3OS. The van der Waals surface area contributed by atoms with Crippen molar-refractivity contribution in [3.8, 4) is 0 Å². The molecule has 1 saturated heterocycles. The summed E-state index contributed by atoms with van der Waals surface area (Å²) in [7, 11) is 4.08. The fourth-order valence-corrected chi connectivity index (χ4v) is 3.26. The highest BCUT2D eigenvalue weighted by atomic mass is 32.2. The van der Waals surface area contributed by atoms with E-state index in [0.29, 0.717) is 6.54 Å². The summed E-state index contributed by atoms with van der Waals surface area (Å²) >= 11 is 1.83. The number of rotatable bonds is 5. The van der Waals surface area contributed by atoms with Crippen LogP contribution in [0.4, 0.5) is 0 Å². The first kappa shape index (κ1) is 15.4. The van der Waals surface area contributed by atoms with Gasteiger partial charge in [-0.1, -0.05) is 30.3 Å². The largest absolute Gasteiger partial charge is 0.353 e. The molecule has 0 spiro atoms. The van der Waals surface area contributed by atoms with Crippen LogP contribution in [-0.2, 0) is 4.79 Å². The van der Waals surface area contributed by atoms with Gasteiger partial charge in [-0.05, 0) is 19.7 Å². The number of amides is 1. The van der Waals surface area contributed by atoms with Crippen LogP contribution in [0.25, 0.3) is 0 Å². The maximum atomic E-state index is 12.2. The Morgan fingerprint density at radius 2 is 2.20 bits per heavy atom. The molecule has 1 aliphatic rings. The lowest BCUT2D eigenvalue weighted by Gasteiger charge is -2.27. The molecule has 1 heterocycles. The zero-order chi connectivity index (χ0) is 14.4. The minimum atomic E-state index is -0.0488. The Bertz CT molecular complexity index is 418. The highest BCUT2D eigenvalue weighted by Crippen LogP contribution is 2.17. The summed E-state index contributed by atoms with van der Waals surface area (Å²) in [5, 5.41) is 6.34. The molecule has 20 heavy (non-hydrogen) atoms. The lowest BCUT2D eigenvalue weighted by atomic mass is 10.1. The molecule has 1 amide bonds. The second kappa shape index (κ2) is 7.67. The number of carbonyl (C=O) groups excluding carboxylic acids is 1. The number of benzene rings is 1. The molecule has 110 valence electrons. The summed E-state index contributed by atoms with van der Waals surface area (Å²) in [5.41, 5.74) is 1.23. The van der Waals surface area contributed by atoms with Gasteiger partial charge in [0.05, 0.1) is 12.1 Å². The number of carbonyl (C=O) groups is 1. The molecule has 1 aliphatic heterocycles. The van der Waals surface area contributed by atoms with E-state index in [1.807, 2.05) is 44.1 Å². The quantitative estimate of drug-likeness (QED) is 0.854. The van der Waals surface area contributed by atoms with Gasteiger partial charge in [0.25, 0.3) is 0 Å². The third-order valence-electron chi connectivity index (χ3n) is 3.52. The van der Waals surface area contributed by atoms with Gasteiger partial charge in [-0.25, -0.2) is 0 Å². The maximum absolute atomic E-state index is 12.2. The lowest BCUT2D eigenvalue weighted by molar-refractivity contribution is -0.122. The fraction of sp³-hybridized carbons (Fsp3) is 0.533. The highest BCUT2D eigenvalue weighted by Gasteiger charge is 2.22. The average molecular weight is 293 g/mol. The smallest absolute Gasteiger partial charge is 0.238 e. The van der Waals surface area contributed by atoms with E-state index in [0.717, 1.165) is 18.1 Å². The highest BCUT2D eigenvalue weighted by molar-refractivity contribution is 7.99. The molecule has 4 nitrogen and oxygen atoms in total. The molecule has 0 bridgehead atoms. The standard InChI is InChI=1S/C15H23N3OS/c1-18(2)14(12-6-4-3-5-7-12)10-17-15(19)13-11-20-9-8-16-13/h3-7,13-14,16H,8-11H2,1-2H3,(H,17,19). The molecule has 0 aliphatic carbocycles. The zero-order valence-electron chi connectivity index (χ0n) is 12.1. The van der Waals surface area contributed by atoms with Crippen molar-refractivity contribution in [2.75, 3.05) is 38.7 Å². The minimum absolute atomic E-state index is 0.0488. The molecule has 1 aromatic carbocycles. The number of hydrogen-bond acceptors (Lipinski definition) is 4. The van der Waals surface area contributed by atoms with Crippen LogP contribution < -0.4 is 10.6 Å². The van der Waals surface area contributed by atoms with Gasteiger partial charge in [0.15, 0.2) is 0 Å². The van der Waals surface area contributed by atoms with E-state index in [-0.39, 0.29) is 18.0 Å². The molecule has 2 unspecified atom stereocenters. The van der Waals surface area contributed by atoms with E-state index in [1.54, 1.807) is 0 Å². The van der Waals surface area contributed by atoms with Crippen molar-refractivity contribution in [1.82, 2.24) is 15.5 Å². The van der Waals surface area contributed by atoms with Crippen molar-refractivity contribution in [2.24, 2.45) is 0 Å². The van der Waals surface area contributed by atoms with Gasteiger partial charge in [0.1, 0.15) is 0 Å². The van der Waals surface area contributed by atoms with Gasteiger partial charge < -0.3 is 15.5 Å². The van der Waals surface area contributed by atoms with Crippen molar-refractivity contribution in [3.63, 3.8) is 0 Å². The first-order valence-corrected chi connectivity index (χ1v) is 8.14. The number of hydrogen-bond donors (Lipinski definition) is 2. The Balaban J connectivity index is 1.91. The lowest BCUT2D eigenvalue weighted by Crippen LogP contribution is -2.50. The summed E-state index contributed by atoms with van der Waals surface area (Å²) in [5.74, 6) is 2.07. The van der Waals surface area contributed by atoms with Crippen molar-refractivity contribution in [2.45, 2.75) is 12.1 Å². The van der Waals surface area contributed by atoms with Crippen molar-refractivity contribution in [1.29, 1.82) is 0 Å². The van der Waals surface area contributed by atoms with Gasteiger partial charge in [-0.2, -0.15) is 11.8 Å².